The number of hydrogen-bond acceptors (Lipinski definition) is 7. The fourth-order valence-corrected chi connectivity index (χ4v) is 6.16. The number of carbonyl (C=O) groups is 2. The quantitative estimate of drug-likeness (QED) is 0.146. The van der Waals surface area contributed by atoms with E-state index in [-0.39, 0.29) is 30.8 Å². The van der Waals surface area contributed by atoms with Crippen molar-refractivity contribution in [1.82, 2.24) is 20.8 Å². The van der Waals surface area contributed by atoms with Crippen molar-refractivity contribution < 1.29 is 23.6 Å². The highest BCUT2D eigenvalue weighted by Gasteiger charge is 2.31. The minimum atomic E-state index is -0.805. The lowest BCUT2D eigenvalue weighted by atomic mass is 9.98. The highest BCUT2D eigenvalue weighted by atomic mass is 16.6. The van der Waals surface area contributed by atoms with Crippen LogP contribution in [0.25, 0.3) is 11.1 Å². The van der Waals surface area contributed by atoms with Crippen molar-refractivity contribution in [3.8, 4) is 11.1 Å². The van der Waals surface area contributed by atoms with E-state index in [1.165, 1.54) is 0 Å². The summed E-state index contributed by atoms with van der Waals surface area (Å²) in [6, 6.07) is 43.3. The van der Waals surface area contributed by atoms with Gasteiger partial charge in [-0.15, -0.1) is 0 Å². The number of alkyl carbamates (subject to hydrolysis) is 2. The topological polar surface area (TPSA) is 116 Å². The lowest BCUT2D eigenvalue weighted by Crippen LogP contribution is -2.32. The van der Waals surface area contributed by atoms with Gasteiger partial charge < -0.3 is 24.6 Å². The Labute approximate surface area is 283 Å². The molecule has 0 bridgehead atoms. The van der Waals surface area contributed by atoms with Crippen molar-refractivity contribution >= 4 is 12.2 Å². The Morgan fingerprint density at radius 3 is 1.86 bits per heavy atom. The molecule has 1 aromatic heterocycles. The zero-order chi connectivity index (χ0) is 33.4. The molecular formula is C40H34N4O5. The van der Waals surface area contributed by atoms with Gasteiger partial charge in [-0.3, -0.25) is 0 Å². The first-order valence-electron chi connectivity index (χ1n) is 16.1. The van der Waals surface area contributed by atoms with Crippen LogP contribution in [0, 0.1) is 0 Å². The van der Waals surface area contributed by atoms with Gasteiger partial charge in [-0.1, -0.05) is 145 Å². The van der Waals surface area contributed by atoms with Gasteiger partial charge in [0.2, 0.25) is 0 Å². The minimum Gasteiger partial charge on any atom is -0.449 e. The highest BCUT2D eigenvalue weighted by Crippen LogP contribution is 2.44. The lowest BCUT2D eigenvalue weighted by molar-refractivity contribution is 0.134. The average Bonchev–Trinajstić information content (AvgIpc) is 3.77. The maximum Gasteiger partial charge on any atom is 0.408 e. The second-order valence-corrected chi connectivity index (χ2v) is 11.8. The molecule has 0 saturated heterocycles. The fourth-order valence-electron chi connectivity index (χ4n) is 6.16. The molecule has 0 radical (unpaired) electrons. The molecule has 244 valence electrons. The molecule has 1 heterocycles. The van der Waals surface area contributed by atoms with E-state index in [9.17, 15) is 9.59 Å². The first-order chi connectivity index (χ1) is 24.1. The Bertz CT molecular complexity index is 1970. The van der Waals surface area contributed by atoms with Crippen LogP contribution in [-0.2, 0) is 22.5 Å². The van der Waals surface area contributed by atoms with E-state index >= 15 is 0 Å². The molecule has 1 aliphatic carbocycles. The Morgan fingerprint density at radius 1 is 0.653 bits per heavy atom. The molecule has 49 heavy (non-hydrogen) atoms. The number of fused-ring (bicyclic) bond motifs is 3. The summed E-state index contributed by atoms with van der Waals surface area (Å²) in [7, 11) is 0. The van der Waals surface area contributed by atoms with Gasteiger partial charge in [0.05, 0.1) is 6.04 Å². The van der Waals surface area contributed by atoms with Crippen LogP contribution in [0.3, 0.4) is 0 Å². The number of benzene rings is 5. The van der Waals surface area contributed by atoms with E-state index in [0.717, 1.165) is 38.9 Å². The summed E-state index contributed by atoms with van der Waals surface area (Å²) in [5.41, 5.74) is 7.09. The molecule has 5 aromatic carbocycles. The summed E-state index contributed by atoms with van der Waals surface area (Å²) in [6.07, 6.45) is -0.859. The number of amides is 2. The minimum absolute atomic E-state index is 0.0881. The average molecular weight is 651 g/mol. The summed E-state index contributed by atoms with van der Waals surface area (Å²) in [5.74, 6) is 0.299. The summed E-state index contributed by atoms with van der Waals surface area (Å²) in [4.78, 5) is 31.0. The van der Waals surface area contributed by atoms with Gasteiger partial charge in [0, 0.05) is 12.3 Å². The molecular weight excluding hydrogens is 616 g/mol. The molecule has 0 spiro atoms. The van der Waals surface area contributed by atoms with Crippen LogP contribution in [0.2, 0.25) is 0 Å². The summed E-state index contributed by atoms with van der Waals surface area (Å²) in [5, 5.41) is 10.1. The second kappa shape index (κ2) is 14.7. The molecule has 7 rings (SSSR count). The normalized spacial score (nSPS) is 13.1. The van der Waals surface area contributed by atoms with Gasteiger partial charge in [-0.2, -0.15) is 4.98 Å². The Balaban J connectivity index is 1.09. The van der Waals surface area contributed by atoms with Gasteiger partial charge in [-0.25, -0.2) is 9.59 Å². The van der Waals surface area contributed by atoms with Crippen molar-refractivity contribution in [2.45, 2.75) is 31.0 Å². The van der Waals surface area contributed by atoms with Crippen LogP contribution in [-0.4, -0.2) is 28.9 Å². The molecule has 2 atom stereocenters. The van der Waals surface area contributed by atoms with Gasteiger partial charge in [-0.05, 0) is 38.9 Å². The molecule has 0 unspecified atom stereocenters. The molecule has 0 saturated carbocycles. The largest absolute Gasteiger partial charge is 0.449 e. The first-order valence-corrected chi connectivity index (χ1v) is 16.1. The SMILES string of the molecule is O=C(N[C@@H](c1ccccc1)c1nc([C@H](Cc2ccccc2)NC(=O)OCc2ccccc2)no1)OCC1c2ccccc2-c2ccccc21. The van der Waals surface area contributed by atoms with E-state index in [0.29, 0.717) is 6.42 Å². The zero-order valence-corrected chi connectivity index (χ0v) is 26.6. The van der Waals surface area contributed by atoms with Crippen LogP contribution in [0.5, 0.6) is 0 Å². The van der Waals surface area contributed by atoms with Gasteiger partial charge in [0.1, 0.15) is 19.3 Å². The molecule has 0 aliphatic heterocycles. The van der Waals surface area contributed by atoms with E-state index in [1.807, 2.05) is 115 Å². The van der Waals surface area contributed by atoms with Gasteiger partial charge >= 0.3 is 12.2 Å². The molecule has 1 aliphatic rings. The first kappa shape index (κ1) is 31.4. The van der Waals surface area contributed by atoms with Crippen molar-refractivity contribution in [2.75, 3.05) is 6.61 Å². The smallest absolute Gasteiger partial charge is 0.408 e. The number of nitrogens with zero attached hydrogens (tertiary/aromatic N) is 2. The summed E-state index contributed by atoms with van der Waals surface area (Å²) >= 11 is 0. The van der Waals surface area contributed by atoms with Crippen LogP contribution in [0.4, 0.5) is 9.59 Å². The number of carbonyl (C=O) groups excluding carboxylic acids is 2. The molecule has 6 aromatic rings. The number of aromatic nitrogens is 2. The third kappa shape index (κ3) is 7.36. The van der Waals surface area contributed by atoms with E-state index in [4.69, 9.17) is 14.0 Å². The van der Waals surface area contributed by atoms with Crippen molar-refractivity contribution in [1.29, 1.82) is 0 Å². The van der Waals surface area contributed by atoms with Crippen LogP contribution in [0.15, 0.2) is 144 Å². The zero-order valence-electron chi connectivity index (χ0n) is 26.6. The maximum atomic E-state index is 13.4. The van der Waals surface area contributed by atoms with Crippen LogP contribution < -0.4 is 10.6 Å². The van der Waals surface area contributed by atoms with Crippen molar-refractivity contribution in [3.63, 3.8) is 0 Å². The number of ether oxygens (including phenoxy) is 2. The molecule has 9 heteroatoms. The van der Waals surface area contributed by atoms with Crippen LogP contribution >= 0.6 is 0 Å². The number of hydrogen-bond donors (Lipinski definition) is 2. The maximum absolute atomic E-state index is 13.4. The van der Waals surface area contributed by atoms with Gasteiger partial charge in [0.15, 0.2) is 5.82 Å². The molecule has 0 fully saturated rings. The number of nitrogens with one attached hydrogen (secondary N) is 2. The molecule has 9 nitrogen and oxygen atoms in total. The number of rotatable bonds is 11. The van der Waals surface area contributed by atoms with E-state index in [2.05, 4.69) is 45.0 Å². The second-order valence-electron chi connectivity index (χ2n) is 11.8. The van der Waals surface area contributed by atoms with Crippen LogP contribution in [0.1, 0.15) is 57.5 Å². The summed E-state index contributed by atoms with van der Waals surface area (Å²) < 4.78 is 17.1. The highest BCUT2D eigenvalue weighted by molar-refractivity contribution is 5.79. The Morgan fingerprint density at radius 2 is 1.20 bits per heavy atom. The van der Waals surface area contributed by atoms with Crippen molar-refractivity contribution in [3.05, 3.63) is 179 Å². The van der Waals surface area contributed by atoms with Crippen molar-refractivity contribution in [2.24, 2.45) is 0 Å². The lowest BCUT2D eigenvalue weighted by Gasteiger charge is -2.18. The monoisotopic (exact) mass is 650 g/mol. The predicted molar refractivity (Wildman–Crippen MR) is 183 cm³/mol. The van der Waals surface area contributed by atoms with E-state index in [1.54, 1.807) is 0 Å². The Kier molecular flexibility index (Phi) is 9.41. The third-order valence-corrected chi connectivity index (χ3v) is 8.54. The third-order valence-electron chi connectivity index (χ3n) is 8.54. The summed E-state index contributed by atoms with van der Waals surface area (Å²) in [6.45, 7) is 0.271. The van der Waals surface area contributed by atoms with Gasteiger partial charge in [0.25, 0.3) is 5.89 Å². The molecule has 2 amide bonds. The predicted octanol–water partition coefficient (Wildman–Crippen LogP) is 7.91. The van der Waals surface area contributed by atoms with E-state index < -0.39 is 24.3 Å². The fraction of sp³-hybridized carbons (Fsp3) is 0.150. The Hall–Kier alpha value is -6.22. The molecule has 2 N–H and O–H groups in total. The standard InChI is InChI=1S/C40H34N4O5/c45-39(47-25-28-16-6-2-7-17-28)41-35(24-27-14-4-1-5-15-27)37-43-38(49-44-37)36(29-18-8-3-9-19-29)42-40(46)48-26-34-32-22-12-10-20-30(32)31-21-11-13-23-33(31)34/h1-23,34-36H,24-26H2,(H,41,45)(H,42,46)/t35-,36-/m0/s1.